The molecule has 1 amide bonds. The van der Waals surface area contributed by atoms with Gasteiger partial charge in [-0.2, -0.15) is 0 Å². The van der Waals surface area contributed by atoms with Crippen LogP contribution in [0.25, 0.3) is 0 Å². The van der Waals surface area contributed by atoms with Gasteiger partial charge in [-0.05, 0) is 43.6 Å². The summed E-state index contributed by atoms with van der Waals surface area (Å²) >= 11 is 0. The second kappa shape index (κ2) is 7.05. The van der Waals surface area contributed by atoms with E-state index in [9.17, 15) is 9.90 Å². The second-order valence-corrected chi connectivity index (χ2v) is 6.57. The van der Waals surface area contributed by atoms with Gasteiger partial charge in [-0.3, -0.25) is 4.79 Å². The fraction of sp³-hybridized carbons (Fsp3) is 0.688. The topological polar surface area (TPSA) is 101 Å². The van der Waals surface area contributed by atoms with Crippen LogP contribution in [0.15, 0.2) is 6.07 Å². The van der Waals surface area contributed by atoms with Crippen LogP contribution in [0.3, 0.4) is 0 Å². The van der Waals surface area contributed by atoms with Crippen molar-refractivity contribution in [1.82, 2.24) is 15.3 Å². The Morgan fingerprint density at radius 1 is 1.45 bits per heavy atom. The van der Waals surface area contributed by atoms with Crippen molar-refractivity contribution in [3.8, 4) is 0 Å². The number of anilines is 1. The lowest BCUT2D eigenvalue weighted by Crippen LogP contribution is -2.46. The molecule has 0 bridgehead atoms. The molecule has 1 aliphatic carbocycles. The molecule has 1 heterocycles. The molecule has 2 rings (SSSR count). The largest absolute Gasteiger partial charge is 0.393 e. The Bertz CT molecular complexity index is 527. The third-order valence-corrected chi connectivity index (χ3v) is 4.12. The van der Waals surface area contributed by atoms with Crippen molar-refractivity contribution in [3.63, 3.8) is 0 Å². The van der Waals surface area contributed by atoms with E-state index in [4.69, 9.17) is 5.73 Å². The molecule has 1 unspecified atom stereocenters. The second-order valence-electron chi connectivity index (χ2n) is 6.57. The van der Waals surface area contributed by atoms with E-state index in [1.165, 1.54) is 0 Å². The van der Waals surface area contributed by atoms with Crippen molar-refractivity contribution in [2.24, 2.45) is 11.8 Å². The Kier molecular flexibility index (Phi) is 5.34. The number of carbonyl (C=O) groups is 1. The van der Waals surface area contributed by atoms with Crippen molar-refractivity contribution in [3.05, 3.63) is 17.5 Å². The first-order chi connectivity index (χ1) is 10.4. The zero-order chi connectivity index (χ0) is 16.3. The molecule has 1 atom stereocenters. The Morgan fingerprint density at radius 3 is 2.68 bits per heavy atom. The van der Waals surface area contributed by atoms with Gasteiger partial charge in [0.05, 0.1) is 6.10 Å². The van der Waals surface area contributed by atoms with Gasteiger partial charge < -0.3 is 16.2 Å². The number of aliphatic hydroxyl groups is 1. The summed E-state index contributed by atoms with van der Waals surface area (Å²) in [5.41, 5.74) is 6.83. The number of carbonyl (C=O) groups excluding carboxylic acids is 1. The normalized spacial score (nSPS) is 22.2. The van der Waals surface area contributed by atoms with E-state index in [1.807, 2.05) is 6.92 Å². The summed E-state index contributed by atoms with van der Waals surface area (Å²) in [6.45, 7) is 6.22. The number of aromatic nitrogens is 2. The number of amides is 1. The van der Waals surface area contributed by atoms with Crippen LogP contribution >= 0.6 is 0 Å². The summed E-state index contributed by atoms with van der Waals surface area (Å²) in [6.07, 6.45) is 2.89. The molecule has 6 heteroatoms. The summed E-state index contributed by atoms with van der Waals surface area (Å²) in [5.74, 6) is 0.700. The average Bonchev–Trinajstić information content (AvgIpc) is 2.40. The maximum absolute atomic E-state index is 12.4. The van der Waals surface area contributed by atoms with Gasteiger partial charge in [-0.15, -0.1) is 0 Å². The minimum absolute atomic E-state index is 0.0700. The molecule has 1 aromatic rings. The number of rotatable bonds is 6. The Morgan fingerprint density at radius 2 is 2.14 bits per heavy atom. The van der Waals surface area contributed by atoms with Gasteiger partial charge >= 0.3 is 0 Å². The van der Waals surface area contributed by atoms with E-state index in [0.29, 0.717) is 17.5 Å². The number of aliphatic hydroxyl groups excluding tert-OH is 1. The SMILES string of the molecule is CCC(NC(=O)c1cc(CC(C)C)nc(N)n1)C1CC(O)C1. The molecule has 22 heavy (non-hydrogen) atoms. The number of hydrogen-bond donors (Lipinski definition) is 3. The van der Waals surface area contributed by atoms with E-state index in [0.717, 1.165) is 31.4 Å². The molecular weight excluding hydrogens is 280 g/mol. The van der Waals surface area contributed by atoms with Crippen molar-refractivity contribution in [2.75, 3.05) is 5.73 Å². The summed E-state index contributed by atoms with van der Waals surface area (Å²) in [5, 5.41) is 12.4. The number of nitrogen functional groups attached to an aromatic ring is 1. The first-order valence-corrected chi connectivity index (χ1v) is 8.01. The predicted octanol–water partition coefficient (Wildman–Crippen LogP) is 1.54. The molecule has 4 N–H and O–H groups in total. The Hall–Kier alpha value is -1.69. The van der Waals surface area contributed by atoms with Crippen LogP contribution in [-0.4, -0.2) is 33.1 Å². The van der Waals surface area contributed by atoms with E-state index in [-0.39, 0.29) is 24.0 Å². The maximum atomic E-state index is 12.4. The predicted molar refractivity (Wildman–Crippen MR) is 85.3 cm³/mol. The molecule has 0 spiro atoms. The van der Waals surface area contributed by atoms with Crippen molar-refractivity contribution >= 4 is 11.9 Å². The highest BCUT2D eigenvalue weighted by Gasteiger charge is 2.34. The molecule has 1 fully saturated rings. The number of nitrogens with two attached hydrogens (primary N) is 1. The highest BCUT2D eigenvalue weighted by molar-refractivity contribution is 5.92. The molecule has 0 aromatic carbocycles. The highest BCUT2D eigenvalue weighted by Crippen LogP contribution is 2.31. The van der Waals surface area contributed by atoms with Gasteiger partial charge in [0.15, 0.2) is 0 Å². The van der Waals surface area contributed by atoms with Crippen LogP contribution in [0.2, 0.25) is 0 Å². The molecule has 122 valence electrons. The Balaban J connectivity index is 2.06. The zero-order valence-corrected chi connectivity index (χ0v) is 13.5. The van der Waals surface area contributed by atoms with Gasteiger partial charge in [-0.1, -0.05) is 20.8 Å². The zero-order valence-electron chi connectivity index (χ0n) is 13.5. The molecule has 0 saturated heterocycles. The molecule has 1 aromatic heterocycles. The third-order valence-electron chi connectivity index (χ3n) is 4.12. The van der Waals surface area contributed by atoms with Crippen LogP contribution < -0.4 is 11.1 Å². The average molecular weight is 306 g/mol. The lowest BCUT2D eigenvalue weighted by molar-refractivity contribution is 0.0232. The highest BCUT2D eigenvalue weighted by atomic mass is 16.3. The summed E-state index contributed by atoms with van der Waals surface area (Å²) in [6, 6.07) is 1.79. The smallest absolute Gasteiger partial charge is 0.270 e. The lowest BCUT2D eigenvalue weighted by Gasteiger charge is -2.37. The lowest BCUT2D eigenvalue weighted by atomic mass is 9.76. The number of hydrogen-bond acceptors (Lipinski definition) is 5. The molecule has 1 saturated carbocycles. The Labute approximate surface area is 131 Å². The van der Waals surface area contributed by atoms with Crippen LogP contribution in [0.4, 0.5) is 5.95 Å². The van der Waals surface area contributed by atoms with Crippen molar-refractivity contribution in [2.45, 2.75) is 58.6 Å². The quantitative estimate of drug-likeness (QED) is 0.740. The minimum atomic E-state index is -0.219. The molecule has 0 aliphatic heterocycles. The third kappa shape index (κ3) is 4.16. The standard InChI is InChI=1S/C16H26N4O2/c1-4-13(10-6-12(21)7-10)19-15(22)14-8-11(5-9(2)3)18-16(17)20-14/h8-10,12-13,21H,4-7H2,1-3H3,(H,19,22)(H2,17,18,20). The first kappa shape index (κ1) is 16.7. The van der Waals surface area contributed by atoms with Crippen LogP contribution in [-0.2, 0) is 6.42 Å². The fourth-order valence-corrected chi connectivity index (χ4v) is 2.91. The summed E-state index contributed by atoms with van der Waals surface area (Å²) < 4.78 is 0. The van der Waals surface area contributed by atoms with Gasteiger partial charge in [0.1, 0.15) is 5.69 Å². The maximum Gasteiger partial charge on any atom is 0.270 e. The van der Waals surface area contributed by atoms with Crippen molar-refractivity contribution in [1.29, 1.82) is 0 Å². The van der Waals surface area contributed by atoms with Crippen molar-refractivity contribution < 1.29 is 9.90 Å². The van der Waals surface area contributed by atoms with Gasteiger partial charge in [0.25, 0.3) is 5.91 Å². The number of nitrogens with zero attached hydrogens (tertiary/aromatic N) is 2. The first-order valence-electron chi connectivity index (χ1n) is 8.01. The summed E-state index contributed by atoms with van der Waals surface area (Å²) in [7, 11) is 0. The molecule has 0 radical (unpaired) electrons. The summed E-state index contributed by atoms with van der Waals surface area (Å²) in [4.78, 5) is 20.6. The number of nitrogens with one attached hydrogen (secondary N) is 1. The van der Waals surface area contributed by atoms with E-state index < -0.39 is 0 Å². The van der Waals surface area contributed by atoms with Crippen LogP contribution in [0, 0.1) is 11.8 Å². The van der Waals surface area contributed by atoms with Gasteiger partial charge in [-0.25, -0.2) is 9.97 Å². The van der Waals surface area contributed by atoms with Gasteiger partial charge in [0, 0.05) is 11.7 Å². The van der Waals surface area contributed by atoms with Crippen LogP contribution in [0.1, 0.15) is 56.2 Å². The van der Waals surface area contributed by atoms with Crippen LogP contribution in [0.5, 0.6) is 0 Å². The fourth-order valence-electron chi connectivity index (χ4n) is 2.91. The monoisotopic (exact) mass is 306 g/mol. The van der Waals surface area contributed by atoms with E-state index in [1.54, 1.807) is 6.07 Å². The molecule has 6 nitrogen and oxygen atoms in total. The molecule has 1 aliphatic rings. The van der Waals surface area contributed by atoms with E-state index >= 15 is 0 Å². The molecular formula is C16H26N4O2. The van der Waals surface area contributed by atoms with Gasteiger partial charge in [0.2, 0.25) is 5.95 Å². The minimum Gasteiger partial charge on any atom is -0.393 e. The van der Waals surface area contributed by atoms with E-state index in [2.05, 4.69) is 29.1 Å².